The van der Waals surface area contributed by atoms with E-state index in [0.29, 0.717) is 12.2 Å². The number of nitrogens with one attached hydrogen (secondary N) is 1. The first-order chi connectivity index (χ1) is 15.1. The van der Waals surface area contributed by atoms with Crippen molar-refractivity contribution in [3.05, 3.63) is 106 Å². The molecule has 0 spiro atoms. The second kappa shape index (κ2) is 9.17. The molecule has 0 radical (unpaired) electrons. The Bertz CT molecular complexity index is 1100. The summed E-state index contributed by atoms with van der Waals surface area (Å²) in [5.41, 5.74) is 7.92. The maximum atomic E-state index is 12.0. The number of aryl methyl sites for hydroxylation is 2. The molecule has 0 aromatic heterocycles. The molecule has 0 saturated carbocycles. The zero-order valence-corrected chi connectivity index (χ0v) is 18.0. The van der Waals surface area contributed by atoms with Crippen molar-refractivity contribution in [2.45, 2.75) is 39.2 Å². The van der Waals surface area contributed by atoms with Crippen molar-refractivity contribution < 1.29 is 14.3 Å². The third-order valence-electron chi connectivity index (χ3n) is 5.82. The number of ether oxygens (including phenoxy) is 1. The van der Waals surface area contributed by atoms with E-state index in [2.05, 4.69) is 41.7 Å². The van der Waals surface area contributed by atoms with Crippen molar-refractivity contribution in [2.24, 2.45) is 0 Å². The molecule has 0 fully saturated rings. The number of esters is 1. The van der Waals surface area contributed by atoms with Gasteiger partial charge in [0.2, 0.25) is 5.91 Å². The Labute approximate surface area is 183 Å². The van der Waals surface area contributed by atoms with Crippen LogP contribution in [0.4, 0.5) is 0 Å². The molecular weight excluding hydrogens is 386 g/mol. The van der Waals surface area contributed by atoms with Gasteiger partial charge in [0.05, 0.1) is 18.2 Å². The van der Waals surface area contributed by atoms with Crippen molar-refractivity contribution in [2.75, 3.05) is 6.61 Å². The van der Waals surface area contributed by atoms with Gasteiger partial charge in [0, 0.05) is 6.92 Å². The molecule has 3 aromatic rings. The van der Waals surface area contributed by atoms with Crippen LogP contribution in [0.5, 0.6) is 0 Å². The Kier molecular flexibility index (Phi) is 6.17. The molecule has 1 unspecified atom stereocenters. The number of fused-ring (bicyclic) bond motifs is 2. The summed E-state index contributed by atoms with van der Waals surface area (Å²) in [6.07, 6.45) is 2.60. The highest BCUT2D eigenvalue weighted by atomic mass is 16.5. The van der Waals surface area contributed by atoms with Gasteiger partial charge in [0.15, 0.2) is 0 Å². The Morgan fingerprint density at radius 3 is 2.42 bits per heavy atom. The molecule has 1 atom stereocenters. The van der Waals surface area contributed by atoms with E-state index in [-0.39, 0.29) is 17.9 Å². The molecule has 1 N–H and O–H groups in total. The van der Waals surface area contributed by atoms with E-state index >= 15 is 0 Å². The second-order valence-electron chi connectivity index (χ2n) is 7.92. The average molecular weight is 414 g/mol. The maximum absolute atomic E-state index is 12.0. The van der Waals surface area contributed by atoms with E-state index in [0.717, 1.165) is 24.8 Å². The third kappa shape index (κ3) is 4.53. The van der Waals surface area contributed by atoms with E-state index in [9.17, 15) is 9.59 Å². The van der Waals surface area contributed by atoms with Gasteiger partial charge in [-0.3, -0.25) is 4.79 Å². The number of benzene rings is 3. The summed E-state index contributed by atoms with van der Waals surface area (Å²) in [5.74, 6) is -0.319. The van der Waals surface area contributed by atoms with Gasteiger partial charge in [-0.2, -0.15) is 0 Å². The molecule has 4 nitrogen and oxygen atoms in total. The molecule has 4 heteroatoms. The lowest BCUT2D eigenvalue weighted by molar-refractivity contribution is -0.119. The molecule has 0 bridgehead atoms. The summed E-state index contributed by atoms with van der Waals surface area (Å²) in [7, 11) is 0. The molecule has 1 aliphatic rings. The molecule has 3 aromatic carbocycles. The molecular formula is C27H27NO3. The van der Waals surface area contributed by atoms with Gasteiger partial charge < -0.3 is 10.1 Å². The molecule has 31 heavy (non-hydrogen) atoms. The Morgan fingerprint density at radius 1 is 0.935 bits per heavy atom. The zero-order chi connectivity index (χ0) is 21.8. The van der Waals surface area contributed by atoms with Crippen LogP contribution < -0.4 is 5.32 Å². The molecule has 0 heterocycles. The Hall–Kier alpha value is -3.40. The fourth-order valence-electron chi connectivity index (χ4n) is 4.40. The van der Waals surface area contributed by atoms with Crippen molar-refractivity contribution >= 4 is 11.9 Å². The SMILES string of the molecule is CCOC(=O)c1ccc(CCc2cccc3c2C(NC(C)=O)c2ccccc2C3)cc1. The first kappa shape index (κ1) is 20.9. The number of rotatable bonds is 6. The predicted octanol–water partition coefficient (Wildman–Crippen LogP) is 4.78. The third-order valence-corrected chi connectivity index (χ3v) is 5.82. The van der Waals surface area contributed by atoms with Crippen LogP contribution in [0.15, 0.2) is 66.7 Å². The lowest BCUT2D eigenvalue weighted by atomic mass is 9.79. The van der Waals surface area contributed by atoms with Crippen LogP contribution in [0.2, 0.25) is 0 Å². The normalized spacial score (nSPS) is 14.3. The number of carbonyl (C=O) groups excluding carboxylic acids is 2. The molecule has 158 valence electrons. The minimum Gasteiger partial charge on any atom is -0.462 e. The lowest BCUT2D eigenvalue weighted by Gasteiger charge is -2.31. The van der Waals surface area contributed by atoms with Gasteiger partial charge in [-0.05, 0) is 71.7 Å². The summed E-state index contributed by atoms with van der Waals surface area (Å²) in [6.45, 7) is 3.75. The molecule has 1 amide bonds. The fourth-order valence-corrected chi connectivity index (χ4v) is 4.40. The van der Waals surface area contributed by atoms with Crippen molar-refractivity contribution in [3.63, 3.8) is 0 Å². The van der Waals surface area contributed by atoms with Crippen molar-refractivity contribution in [1.29, 1.82) is 0 Å². The summed E-state index contributed by atoms with van der Waals surface area (Å²) < 4.78 is 5.06. The first-order valence-corrected chi connectivity index (χ1v) is 10.8. The highest BCUT2D eigenvalue weighted by Gasteiger charge is 2.28. The maximum Gasteiger partial charge on any atom is 0.338 e. The summed E-state index contributed by atoms with van der Waals surface area (Å²) in [4.78, 5) is 23.9. The lowest BCUT2D eigenvalue weighted by Crippen LogP contribution is -2.31. The van der Waals surface area contributed by atoms with Crippen LogP contribution in [0, 0.1) is 0 Å². The minimum absolute atomic E-state index is 0.0305. The first-order valence-electron chi connectivity index (χ1n) is 10.8. The smallest absolute Gasteiger partial charge is 0.338 e. The van der Waals surface area contributed by atoms with Crippen LogP contribution in [-0.2, 0) is 28.8 Å². The molecule has 4 rings (SSSR count). The Morgan fingerprint density at radius 2 is 1.68 bits per heavy atom. The molecule has 0 saturated heterocycles. The largest absolute Gasteiger partial charge is 0.462 e. The van der Waals surface area contributed by atoms with Gasteiger partial charge in [0.25, 0.3) is 0 Å². The van der Waals surface area contributed by atoms with E-state index in [1.54, 1.807) is 13.8 Å². The predicted molar refractivity (Wildman–Crippen MR) is 121 cm³/mol. The van der Waals surface area contributed by atoms with Crippen molar-refractivity contribution in [1.82, 2.24) is 5.32 Å². The van der Waals surface area contributed by atoms with Crippen LogP contribution >= 0.6 is 0 Å². The van der Waals surface area contributed by atoms with Crippen LogP contribution in [0.3, 0.4) is 0 Å². The average Bonchev–Trinajstić information content (AvgIpc) is 2.77. The highest BCUT2D eigenvalue weighted by Crippen LogP contribution is 2.37. The van der Waals surface area contributed by atoms with Crippen LogP contribution in [-0.4, -0.2) is 18.5 Å². The summed E-state index contributed by atoms with van der Waals surface area (Å²) in [6, 6.07) is 22.3. The standard InChI is InChI=1S/C27H27NO3/c1-3-31-27(30)21-15-12-19(13-16-21)11-14-20-8-6-9-23-17-22-7-4-5-10-24(22)26(25(20)23)28-18(2)29/h4-10,12-13,15-16,26H,3,11,14,17H2,1-2H3,(H,28,29). The van der Waals surface area contributed by atoms with Gasteiger partial charge in [-0.1, -0.05) is 54.6 Å². The van der Waals surface area contributed by atoms with Crippen molar-refractivity contribution in [3.8, 4) is 0 Å². The number of hydrogen-bond donors (Lipinski definition) is 1. The molecule has 1 aliphatic carbocycles. The number of carbonyl (C=O) groups is 2. The van der Waals surface area contributed by atoms with E-state index in [1.807, 2.05) is 30.3 Å². The summed E-state index contributed by atoms with van der Waals surface area (Å²) in [5, 5.41) is 3.17. The Balaban J connectivity index is 1.59. The van der Waals surface area contributed by atoms with Gasteiger partial charge in [0.1, 0.15) is 0 Å². The molecule has 0 aliphatic heterocycles. The number of hydrogen-bond acceptors (Lipinski definition) is 3. The quantitative estimate of drug-likeness (QED) is 0.592. The van der Waals surface area contributed by atoms with E-state index in [1.165, 1.54) is 27.8 Å². The van der Waals surface area contributed by atoms with Gasteiger partial charge in [-0.15, -0.1) is 0 Å². The van der Waals surface area contributed by atoms with Gasteiger partial charge in [-0.25, -0.2) is 4.79 Å². The van der Waals surface area contributed by atoms with E-state index in [4.69, 9.17) is 4.74 Å². The second-order valence-corrected chi connectivity index (χ2v) is 7.92. The highest BCUT2D eigenvalue weighted by molar-refractivity contribution is 5.89. The minimum atomic E-state index is -0.289. The topological polar surface area (TPSA) is 55.4 Å². The van der Waals surface area contributed by atoms with Gasteiger partial charge >= 0.3 is 5.97 Å². The zero-order valence-electron chi connectivity index (χ0n) is 18.0. The number of amides is 1. The summed E-state index contributed by atoms with van der Waals surface area (Å²) >= 11 is 0. The van der Waals surface area contributed by atoms with Crippen LogP contribution in [0.1, 0.15) is 63.6 Å². The monoisotopic (exact) mass is 413 g/mol. The fraction of sp³-hybridized carbons (Fsp3) is 0.259. The van der Waals surface area contributed by atoms with E-state index < -0.39 is 0 Å². The van der Waals surface area contributed by atoms with Crippen LogP contribution in [0.25, 0.3) is 0 Å².